The quantitative estimate of drug-likeness (QED) is 0.747. The second-order valence-electron chi connectivity index (χ2n) is 4.24. The summed E-state index contributed by atoms with van der Waals surface area (Å²) in [5, 5.41) is 3.95. The van der Waals surface area contributed by atoms with Gasteiger partial charge in [-0.2, -0.15) is 0 Å². The molecular weight excluding hydrogens is 210 g/mol. The maximum atomic E-state index is 6.17. The molecule has 0 saturated heterocycles. The summed E-state index contributed by atoms with van der Waals surface area (Å²) >= 11 is 6.17. The maximum absolute atomic E-state index is 6.17. The van der Waals surface area contributed by atoms with Gasteiger partial charge in [0, 0.05) is 18.0 Å². The fourth-order valence-corrected chi connectivity index (χ4v) is 2.00. The largest absolute Gasteiger partial charge is 0.370 e. The van der Waals surface area contributed by atoms with E-state index in [2.05, 4.69) is 29.1 Å². The molecule has 2 rings (SSSR count). The molecule has 0 spiro atoms. The van der Waals surface area contributed by atoms with Crippen molar-refractivity contribution in [2.75, 3.05) is 11.9 Å². The lowest BCUT2D eigenvalue weighted by Crippen LogP contribution is -2.07. The van der Waals surface area contributed by atoms with E-state index < -0.39 is 0 Å². The maximum Gasteiger partial charge on any atom is 0.138 e. The summed E-state index contributed by atoms with van der Waals surface area (Å²) < 4.78 is 0. The van der Waals surface area contributed by atoms with Crippen LogP contribution in [-0.4, -0.2) is 16.5 Å². The molecule has 1 N–H and O–H groups in total. The molecule has 15 heavy (non-hydrogen) atoms. The van der Waals surface area contributed by atoms with Crippen LogP contribution in [0.2, 0.25) is 5.15 Å². The van der Waals surface area contributed by atoms with Crippen molar-refractivity contribution in [3.63, 3.8) is 0 Å². The minimum Gasteiger partial charge on any atom is -0.370 e. The van der Waals surface area contributed by atoms with Crippen LogP contribution in [0.3, 0.4) is 0 Å². The highest BCUT2D eigenvalue weighted by molar-refractivity contribution is 6.30. The second-order valence-corrected chi connectivity index (χ2v) is 4.60. The van der Waals surface area contributed by atoms with Gasteiger partial charge < -0.3 is 5.32 Å². The fourth-order valence-electron chi connectivity index (χ4n) is 1.73. The molecule has 0 atom stereocenters. The van der Waals surface area contributed by atoms with Crippen molar-refractivity contribution < 1.29 is 0 Å². The van der Waals surface area contributed by atoms with Gasteiger partial charge in [0.25, 0.3) is 0 Å². The molecule has 1 aliphatic heterocycles. The average molecular weight is 226 g/mol. The SMILES string of the molecule is CC(C)c1nc(Cl)c2c(n1)NCCCC2. The summed E-state index contributed by atoms with van der Waals surface area (Å²) in [5.74, 6) is 2.09. The van der Waals surface area contributed by atoms with Crippen LogP contribution in [0, 0.1) is 0 Å². The topological polar surface area (TPSA) is 37.8 Å². The van der Waals surface area contributed by atoms with Crippen molar-refractivity contribution in [2.24, 2.45) is 0 Å². The average Bonchev–Trinajstić information content (AvgIpc) is 2.42. The Bertz CT molecular complexity index is 363. The Labute approximate surface area is 95.3 Å². The highest BCUT2D eigenvalue weighted by atomic mass is 35.5. The van der Waals surface area contributed by atoms with Crippen LogP contribution in [-0.2, 0) is 6.42 Å². The molecular formula is C11H16ClN3. The van der Waals surface area contributed by atoms with Gasteiger partial charge in [0.2, 0.25) is 0 Å². The van der Waals surface area contributed by atoms with Gasteiger partial charge in [0.05, 0.1) is 0 Å². The molecule has 0 amide bonds. The van der Waals surface area contributed by atoms with Gasteiger partial charge in [-0.3, -0.25) is 0 Å². The summed E-state index contributed by atoms with van der Waals surface area (Å²) in [6.45, 7) is 5.14. The Hall–Kier alpha value is -0.830. The molecule has 0 aliphatic carbocycles. The number of aromatic nitrogens is 2. The van der Waals surface area contributed by atoms with E-state index in [0.717, 1.165) is 36.6 Å². The van der Waals surface area contributed by atoms with E-state index in [4.69, 9.17) is 11.6 Å². The number of hydrogen-bond acceptors (Lipinski definition) is 3. The Morgan fingerprint density at radius 3 is 2.80 bits per heavy atom. The minimum atomic E-state index is 0.317. The van der Waals surface area contributed by atoms with Crippen molar-refractivity contribution >= 4 is 17.4 Å². The number of nitrogens with zero attached hydrogens (tertiary/aromatic N) is 2. The van der Waals surface area contributed by atoms with Gasteiger partial charge in [0.1, 0.15) is 16.8 Å². The lowest BCUT2D eigenvalue weighted by molar-refractivity contribution is 0.765. The Morgan fingerprint density at radius 2 is 2.07 bits per heavy atom. The molecule has 3 nitrogen and oxygen atoms in total. The predicted molar refractivity (Wildman–Crippen MR) is 62.6 cm³/mol. The molecule has 0 bridgehead atoms. The van der Waals surface area contributed by atoms with Crippen LogP contribution < -0.4 is 5.32 Å². The van der Waals surface area contributed by atoms with Crippen LogP contribution in [0.4, 0.5) is 5.82 Å². The third-order valence-corrected chi connectivity index (χ3v) is 2.95. The van der Waals surface area contributed by atoms with E-state index >= 15 is 0 Å². The van der Waals surface area contributed by atoms with Gasteiger partial charge in [-0.25, -0.2) is 9.97 Å². The van der Waals surface area contributed by atoms with Crippen molar-refractivity contribution in [1.82, 2.24) is 9.97 Å². The predicted octanol–water partition coefficient (Wildman–Crippen LogP) is 3.00. The first-order valence-electron chi connectivity index (χ1n) is 5.48. The number of anilines is 1. The molecule has 1 aliphatic rings. The molecule has 4 heteroatoms. The molecule has 0 radical (unpaired) electrons. The summed E-state index contributed by atoms with van der Waals surface area (Å²) in [6.07, 6.45) is 3.31. The number of hydrogen-bond donors (Lipinski definition) is 1. The first-order chi connectivity index (χ1) is 7.18. The lowest BCUT2D eigenvalue weighted by atomic mass is 10.1. The van der Waals surface area contributed by atoms with E-state index in [1.165, 1.54) is 6.42 Å². The molecule has 0 unspecified atom stereocenters. The lowest BCUT2D eigenvalue weighted by Gasteiger charge is -2.11. The van der Waals surface area contributed by atoms with Crippen molar-refractivity contribution in [2.45, 2.75) is 39.0 Å². The third kappa shape index (κ3) is 2.23. The van der Waals surface area contributed by atoms with Gasteiger partial charge in [0.15, 0.2) is 0 Å². The fraction of sp³-hybridized carbons (Fsp3) is 0.636. The highest BCUT2D eigenvalue weighted by Crippen LogP contribution is 2.27. The van der Waals surface area contributed by atoms with E-state index in [0.29, 0.717) is 11.1 Å². The van der Waals surface area contributed by atoms with Crippen LogP contribution in [0.1, 0.15) is 44.0 Å². The first-order valence-corrected chi connectivity index (χ1v) is 5.86. The second kappa shape index (κ2) is 4.35. The summed E-state index contributed by atoms with van der Waals surface area (Å²) in [4.78, 5) is 8.87. The van der Waals surface area contributed by atoms with Gasteiger partial charge in [-0.05, 0) is 19.3 Å². The van der Waals surface area contributed by atoms with Crippen LogP contribution in [0.25, 0.3) is 0 Å². The smallest absolute Gasteiger partial charge is 0.138 e. The zero-order valence-electron chi connectivity index (χ0n) is 9.18. The monoisotopic (exact) mass is 225 g/mol. The van der Waals surface area contributed by atoms with Crippen LogP contribution in [0.15, 0.2) is 0 Å². The van der Waals surface area contributed by atoms with Crippen molar-refractivity contribution in [1.29, 1.82) is 0 Å². The first kappa shape index (κ1) is 10.7. The van der Waals surface area contributed by atoms with Crippen molar-refractivity contribution in [3.05, 3.63) is 16.5 Å². The summed E-state index contributed by atoms with van der Waals surface area (Å²) in [5.41, 5.74) is 1.08. The molecule has 0 fully saturated rings. The molecule has 1 aromatic rings. The number of nitrogens with one attached hydrogen (secondary N) is 1. The standard InChI is InChI=1S/C11H16ClN3/c1-7(2)10-14-9(12)8-5-3-4-6-13-11(8)15-10/h7H,3-6H2,1-2H3,(H,13,14,15). The number of fused-ring (bicyclic) bond motifs is 1. The Balaban J connectivity index is 2.44. The van der Waals surface area contributed by atoms with Crippen LogP contribution >= 0.6 is 11.6 Å². The van der Waals surface area contributed by atoms with Crippen molar-refractivity contribution in [3.8, 4) is 0 Å². The molecule has 1 aromatic heterocycles. The number of halogens is 1. The van der Waals surface area contributed by atoms with Crippen LogP contribution in [0.5, 0.6) is 0 Å². The minimum absolute atomic E-state index is 0.317. The van der Waals surface area contributed by atoms with E-state index in [9.17, 15) is 0 Å². The Morgan fingerprint density at radius 1 is 1.27 bits per heavy atom. The zero-order valence-corrected chi connectivity index (χ0v) is 9.93. The Kier molecular flexibility index (Phi) is 3.10. The molecule has 0 saturated carbocycles. The summed E-state index contributed by atoms with van der Waals surface area (Å²) in [6, 6.07) is 0. The zero-order chi connectivity index (χ0) is 10.8. The third-order valence-electron chi connectivity index (χ3n) is 2.64. The molecule has 82 valence electrons. The highest BCUT2D eigenvalue weighted by Gasteiger charge is 2.16. The van der Waals surface area contributed by atoms with E-state index in [1.54, 1.807) is 0 Å². The normalized spacial score (nSPS) is 15.7. The van der Waals surface area contributed by atoms with E-state index in [-0.39, 0.29) is 0 Å². The van der Waals surface area contributed by atoms with E-state index in [1.807, 2.05) is 0 Å². The molecule has 2 heterocycles. The molecule has 0 aromatic carbocycles. The van der Waals surface area contributed by atoms with Gasteiger partial charge in [-0.15, -0.1) is 0 Å². The number of rotatable bonds is 1. The van der Waals surface area contributed by atoms with Gasteiger partial charge in [-0.1, -0.05) is 25.4 Å². The summed E-state index contributed by atoms with van der Waals surface area (Å²) in [7, 11) is 0. The van der Waals surface area contributed by atoms with Gasteiger partial charge >= 0.3 is 0 Å².